The molecular formula is C14H17F3N2O. The van der Waals surface area contributed by atoms with E-state index in [1.807, 2.05) is 0 Å². The van der Waals surface area contributed by atoms with Crippen molar-refractivity contribution in [3.05, 3.63) is 35.4 Å². The summed E-state index contributed by atoms with van der Waals surface area (Å²) in [6.45, 7) is 2.06. The highest BCUT2D eigenvalue weighted by Gasteiger charge is 2.32. The van der Waals surface area contributed by atoms with Crippen molar-refractivity contribution in [2.45, 2.75) is 31.5 Å². The van der Waals surface area contributed by atoms with Crippen LogP contribution >= 0.6 is 0 Å². The molecule has 1 aliphatic rings. The number of hydrogen-bond acceptors (Lipinski definition) is 2. The molecule has 0 aliphatic carbocycles. The van der Waals surface area contributed by atoms with Gasteiger partial charge in [-0.15, -0.1) is 0 Å². The molecular weight excluding hydrogens is 269 g/mol. The van der Waals surface area contributed by atoms with Crippen LogP contribution in [0.4, 0.5) is 13.2 Å². The van der Waals surface area contributed by atoms with Gasteiger partial charge in [0.25, 0.3) is 0 Å². The number of nitrogens with zero attached hydrogens (tertiary/aromatic N) is 1. The Hall–Kier alpha value is -1.56. The van der Waals surface area contributed by atoms with Crippen LogP contribution in [-0.4, -0.2) is 36.1 Å². The largest absolute Gasteiger partial charge is 0.338 e. The van der Waals surface area contributed by atoms with Crippen molar-refractivity contribution < 1.29 is 18.0 Å². The number of hydrogen-bond donors (Lipinski definition) is 1. The number of benzene rings is 1. The number of amides is 1. The quantitative estimate of drug-likeness (QED) is 0.923. The van der Waals surface area contributed by atoms with Crippen LogP contribution in [0.3, 0.4) is 0 Å². The van der Waals surface area contributed by atoms with E-state index in [0.717, 1.165) is 12.1 Å². The summed E-state index contributed by atoms with van der Waals surface area (Å²) in [7, 11) is 0. The van der Waals surface area contributed by atoms with E-state index in [-0.39, 0.29) is 12.5 Å². The topological polar surface area (TPSA) is 46.3 Å². The van der Waals surface area contributed by atoms with E-state index in [0.29, 0.717) is 18.5 Å². The Kier molecular flexibility index (Phi) is 4.32. The minimum atomic E-state index is -1.01. The summed E-state index contributed by atoms with van der Waals surface area (Å²) in [4.78, 5) is 13.5. The molecule has 1 fully saturated rings. The molecule has 3 atom stereocenters. The molecule has 0 spiro atoms. The van der Waals surface area contributed by atoms with Crippen LogP contribution in [-0.2, 0) is 4.79 Å². The monoisotopic (exact) mass is 286 g/mol. The summed E-state index contributed by atoms with van der Waals surface area (Å²) in [5.74, 6) is -2.75. The zero-order chi connectivity index (χ0) is 14.9. The van der Waals surface area contributed by atoms with Crippen molar-refractivity contribution in [3.8, 4) is 0 Å². The number of halogens is 3. The summed E-state index contributed by atoms with van der Waals surface area (Å²) < 4.78 is 39.2. The average Bonchev–Trinajstić information content (AvgIpc) is 2.86. The van der Waals surface area contributed by atoms with Gasteiger partial charge in [-0.3, -0.25) is 4.79 Å². The van der Waals surface area contributed by atoms with Crippen LogP contribution < -0.4 is 5.73 Å². The number of likely N-dealkylation sites (tertiary alicyclic amines) is 1. The molecule has 1 saturated heterocycles. The lowest BCUT2D eigenvalue weighted by atomic mass is 9.93. The van der Waals surface area contributed by atoms with E-state index < -0.39 is 29.8 Å². The molecule has 6 heteroatoms. The Morgan fingerprint density at radius 3 is 2.65 bits per heavy atom. The third-order valence-electron chi connectivity index (χ3n) is 3.74. The fraction of sp³-hybridized carbons (Fsp3) is 0.500. The molecule has 0 radical (unpaired) electrons. The number of carbonyl (C=O) groups excluding carboxylic acids is 1. The first-order valence-corrected chi connectivity index (χ1v) is 6.53. The van der Waals surface area contributed by atoms with Crippen molar-refractivity contribution in [3.63, 3.8) is 0 Å². The number of alkyl halides is 1. The number of nitrogens with two attached hydrogens (primary N) is 1. The summed E-state index contributed by atoms with van der Waals surface area (Å²) in [6.07, 6.45) is -0.692. The predicted molar refractivity (Wildman–Crippen MR) is 68.8 cm³/mol. The van der Waals surface area contributed by atoms with Gasteiger partial charge in [0.05, 0.1) is 12.6 Å². The van der Waals surface area contributed by atoms with Crippen LogP contribution in [0.25, 0.3) is 0 Å². The summed E-state index contributed by atoms with van der Waals surface area (Å²) >= 11 is 0. The molecule has 1 amide bonds. The third-order valence-corrected chi connectivity index (χ3v) is 3.74. The molecule has 2 N–H and O–H groups in total. The van der Waals surface area contributed by atoms with Gasteiger partial charge in [-0.05, 0) is 24.1 Å². The SMILES string of the molecule is C[C@@H](c1ccc(F)c(F)c1)[C@H](N)C(=O)N1CC[C@H](F)C1. The second kappa shape index (κ2) is 5.83. The van der Waals surface area contributed by atoms with Gasteiger partial charge in [-0.25, -0.2) is 13.2 Å². The molecule has 1 aromatic rings. The minimum absolute atomic E-state index is 0.0526. The van der Waals surface area contributed by atoms with Crippen LogP contribution in [0, 0.1) is 11.6 Å². The second-order valence-electron chi connectivity index (χ2n) is 5.16. The molecule has 2 rings (SSSR count). The van der Waals surface area contributed by atoms with E-state index in [9.17, 15) is 18.0 Å². The van der Waals surface area contributed by atoms with E-state index >= 15 is 0 Å². The minimum Gasteiger partial charge on any atom is -0.338 e. The maximum Gasteiger partial charge on any atom is 0.240 e. The molecule has 20 heavy (non-hydrogen) atoms. The van der Waals surface area contributed by atoms with Crippen molar-refractivity contribution in [1.82, 2.24) is 4.90 Å². The average molecular weight is 286 g/mol. The molecule has 3 nitrogen and oxygen atoms in total. The maximum atomic E-state index is 13.2. The molecule has 0 saturated carbocycles. The second-order valence-corrected chi connectivity index (χ2v) is 5.16. The third kappa shape index (κ3) is 2.95. The van der Waals surface area contributed by atoms with Crippen molar-refractivity contribution in [2.75, 3.05) is 13.1 Å². The van der Waals surface area contributed by atoms with Crippen molar-refractivity contribution >= 4 is 5.91 Å². The van der Waals surface area contributed by atoms with Gasteiger partial charge < -0.3 is 10.6 Å². The van der Waals surface area contributed by atoms with E-state index in [1.54, 1.807) is 6.92 Å². The molecule has 0 unspecified atom stereocenters. The molecule has 0 bridgehead atoms. The summed E-state index contributed by atoms with van der Waals surface area (Å²) in [5.41, 5.74) is 6.32. The summed E-state index contributed by atoms with van der Waals surface area (Å²) in [6, 6.07) is 2.55. The first-order valence-electron chi connectivity index (χ1n) is 6.53. The first kappa shape index (κ1) is 14.8. The Morgan fingerprint density at radius 1 is 1.40 bits per heavy atom. The van der Waals surface area contributed by atoms with Gasteiger partial charge >= 0.3 is 0 Å². The van der Waals surface area contributed by atoms with Gasteiger partial charge in [0.1, 0.15) is 6.17 Å². The van der Waals surface area contributed by atoms with Gasteiger partial charge in [-0.2, -0.15) is 0 Å². The Morgan fingerprint density at radius 2 is 2.10 bits per heavy atom. The Balaban J connectivity index is 2.09. The van der Waals surface area contributed by atoms with Gasteiger partial charge in [0.15, 0.2) is 11.6 Å². The molecule has 1 aliphatic heterocycles. The molecule has 0 aromatic heterocycles. The first-order chi connectivity index (χ1) is 9.40. The summed E-state index contributed by atoms with van der Waals surface area (Å²) in [5, 5.41) is 0. The predicted octanol–water partition coefficient (Wildman–Crippen LogP) is 1.97. The Labute approximate surface area is 115 Å². The van der Waals surface area contributed by atoms with Gasteiger partial charge in [0, 0.05) is 12.5 Å². The lowest BCUT2D eigenvalue weighted by Crippen LogP contribution is -2.45. The Bertz CT molecular complexity index is 509. The van der Waals surface area contributed by atoms with Crippen LogP contribution in [0.5, 0.6) is 0 Å². The zero-order valence-electron chi connectivity index (χ0n) is 11.2. The fourth-order valence-electron chi connectivity index (χ4n) is 2.35. The smallest absolute Gasteiger partial charge is 0.240 e. The highest BCUT2D eigenvalue weighted by atomic mass is 19.2. The lowest BCUT2D eigenvalue weighted by Gasteiger charge is -2.25. The molecule has 1 aromatic carbocycles. The van der Waals surface area contributed by atoms with E-state index in [4.69, 9.17) is 5.73 Å². The highest BCUT2D eigenvalue weighted by molar-refractivity contribution is 5.83. The van der Waals surface area contributed by atoms with Crippen LogP contribution in [0.15, 0.2) is 18.2 Å². The number of rotatable bonds is 3. The van der Waals surface area contributed by atoms with Crippen molar-refractivity contribution in [1.29, 1.82) is 0 Å². The molecule has 110 valence electrons. The van der Waals surface area contributed by atoms with Crippen LogP contribution in [0.1, 0.15) is 24.8 Å². The van der Waals surface area contributed by atoms with E-state index in [2.05, 4.69) is 0 Å². The molecule has 1 heterocycles. The standard InChI is InChI=1S/C14H17F3N2O/c1-8(9-2-3-11(16)12(17)6-9)13(18)14(20)19-5-4-10(15)7-19/h2-3,6,8,10,13H,4-5,7,18H2,1H3/t8-,10-,13-/m0/s1. The lowest BCUT2D eigenvalue weighted by molar-refractivity contribution is -0.132. The normalized spacial score (nSPS) is 21.9. The fourth-order valence-corrected chi connectivity index (χ4v) is 2.35. The maximum absolute atomic E-state index is 13.2. The van der Waals surface area contributed by atoms with Crippen LogP contribution in [0.2, 0.25) is 0 Å². The van der Waals surface area contributed by atoms with E-state index in [1.165, 1.54) is 11.0 Å². The number of carbonyl (C=O) groups is 1. The zero-order valence-corrected chi connectivity index (χ0v) is 11.2. The van der Waals surface area contributed by atoms with Crippen molar-refractivity contribution in [2.24, 2.45) is 5.73 Å². The van der Waals surface area contributed by atoms with Gasteiger partial charge in [0.2, 0.25) is 5.91 Å². The highest BCUT2D eigenvalue weighted by Crippen LogP contribution is 2.23. The van der Waals surface area contributed by atoms with Gasteiger partial charge in [-0.1, -0.05) is 13.0 Å².